The quantitative estimate of drug-likeness (QED) is 0.789. The molecule has 116 valence electrons. The van der Waals surface area contributed by atoms with Crippen LogP contribution in [0.4, 0.5) is 4.79 Å². The van der Waals surface area contributed by atoms with E-state index in [0.29, 0.717) is 24.9 Å². The summed E-state index contributed by atoms with van der Waals surface area (Å²) in [6, 6.07) is 8.55. The largest absolute Gasteiger partial charge is 0.352 e. The molecule has 3 amide bonds. The topological polar surface area (TPSA) is 108 Å². The van der Waals surface area contributed by atoms with Gasteiger partial charge in [-0.2, -0.15) is 5.26 Å². The van der Waals surface area contributed by atoms with E-state index in [-0.39, 0.29) is 5.91 Å². The van der Waals surface area contributed by atoms with Gasteiger partial charge in [-0.15, -0.1) is 0 Å². The van der Waals surface area contributed by atoms with E-state index in [1.165, 1.54) is 0 Å². The molecular formula is C16H20N4O2. The van der Waals surface area contributed by atoms with Crippen LogP contribution < -0.4 is 16.4 Å². The number of urea groups is 1. The Kier molecular flexibility index (Phi) is 4.99. The van der Waals surface area contributed by atoms with Crippen LogP contribution in [0, 0.1) is 11.3 Å². The molecule has 0 bridgehead atoms. The summed E-state index contributed by atoms with van der Waals surface area (Å²) >= 11 is 0. The van der Waals surface area contributed by atoms with E-state index in [9.17, 15) is 14.9 Å². The second kappa shape index (κ2) is 6.94. The van der Waals surface area contributed by atoms with Crippen molar-refractivity contribution in [1.82, 2.24) is 10.6 Å². The third kappa shape index (κ3) is 3.98. The summed E-state index contributed by atoms with van der Waals surface area (Å²) in [5.74, 6) is -0.238. The summed E-state index contributed by atoms with van der Waals surface area (Å²) in [7, 11) is 0. The number of nitrogens with two attached hydrogens (primary N) is 1. The maximum Gasteiger partial charge on any atom is 0.312 e. The first-order valence-corrected chi connectivity index (χ1v) is 7.41. The normalized spacial score (nSPS) is 16.3. The van der Waals surface area contributed by atoms with Gasteiger partial charge in [0.2, 0.25) is 0 Å². The molecule has 0 heterocycles. The molecule has 0 saturated heterocycles. The van der Waals surface area contributed by atoms with Gasteiger partial charge in [0, 0.05) is 12.1 Å². The van der Waals surface area contributed by atoms with Crippen LogP contribution in [0.3, 0.4) is 0 Å². The van der Waals surface area contributed by atoms with Crippen molar-refractivity contribution in [3.63, 3.8) is 0 Å². The number of amides is 3. The van der Waals surface area contributed by atoms with E-state index in [0.717, 1.165) is 24.8 Å². The smallest absolute Gasteiger partial charge is 0.312 e. The molecule has 22 heavy (non-hydrogen) atoms. The Morgan fingerprint density at radius 2 is 1.82 bits per heavy atom. The Hall–Kier alpha value is -2.55. The van der Waals surface area contributed by atoms with Gasteiger partial charge >= 0.3 is 6.03 Å². The Bertz CT molecular complexity index is 583. The number of primary amides is 1. The number of hydrogen-bond acceptors (Lipinski definition) is 3. The summed E-state index contributed by atoms with van der Waals surface area (Å²) in [6.07, 6.45) is 4.45. The van der Waals surface area contributed by atoms with Crippen molar-refractivity contribution in [3.8, 4) is 6.07 Å². The number of rotatable bonds is 4. The van der Waals surface area contributed by atoms with Crippen molar-refractivity contribution in [2.24, 2.45) is 5.73 Å². The highest BCUT2D eigenvalue weighted by Gasteiger charge is 2.33. The summed E-state index contributed by atoms with van der Waals surface area (Å²) in [5, 5.41) is 14.8. The number of hydrogen-bond donors (Lipinski definition) is 3. The fraction of sp³-hybridized carbons (Fsp3) is 0.438. The van der Waals surface area contributed by atoms with Gasteiger partial charge in [0.05, 0.1) is 6.07 Å². The van der Waals surface area contributed by atoms with Crippen LogP contribution in [0.25, 0.3) is 0 Å². The van der Waals surface area contributed by atoms with Crippen molar-refractivity contribution in [2.75, 3.05) is 0 Å². The first-order valence-electron chi connectivity index (χ1n) is 7.41. The van der Waals surface area contributed by atoms with Gasteiger partial charge in [-0.25, -0.2) is 4.79 Å². The highest BCUT2D eigenvalue weighted by molar-refractivity contribution is 5.95. The first-order chi connectivity index (χ1) is 10.5. The predicted octanol–water partition coefficient (Wildman–Crippen LogP) is 1.81. The van der Waals surface area contributed by atoms with E-state index >= 15 is 0 Å². The second-order valence-corrected chi connectivity index (χ2v) is 5.62. The number of nitrogens with zero attached hydrogens (tertiary/aromatic N) is 1. The van der Waals surface area contributed by atoms with E-state index in [1.807, 2.05) is 0 Å². The molecule has 1 aromatic carbocycles. The highest BCUT2D eigenvalue weighted by Crippen LogP contribution is 2.27. The zero-order valence-electron chi connectivity index (χ0n) is 12.4. The summed E-state index contributed by atoms with van der Waals surface area (Å²) in [5.41, 5.74) is 5.63. The van der Waals surface area contributed by atoms with Crippen LogP contribution in [0.5, 0.6) is 0 Å². The fourth-order valence-electron chi connectivity index (χ4n) is 2.67. The standard InChI is InChI=1S/C16H20N4O2/c17-11-16(8-2-1-3-9-16)20-14(21)13-6-4-12(5-7-13)10-19-15(18)22/h4-7H,1-3,8-10H2,(H,20,21)(H3,18,19,22). The lowest BCUT2D eigenvalue weighted by atomic mass is 9.82. The molecule has 1 aromatic rings. The zero-order chi connectivity index (χ0) is 16.0. The molecule has 0 spiro atoms. The van der Waals surface area contributed by atoms with Crippen LogP contribution in [0.1, 0.15) is 48.0 Å². The number of carbonyl (C=O) groups excluding carboxylic acids is 2. The lowest BCUT2D eigenvalue weighted by Crippen LogP contribution is -2.48. The minimum absolute atomic E-state index is 0.238. The van der Waals surface area contributed by atoms with Gasteiger partial charge in [0.15, 0.2) is 0 Å². The minimum Gasteiger partial charge on any atom is -0.352 e. The minimum atomic E-state index is -0.735. The van der Waals surface area contributed by atoms with Gasteiger partial charge in [-0.3, -0.25) is 4.79 Å². The molecule has 4 N–H and O–H groups in total. The van der Waals surface area contributed by atoms with Gasteiger partial charge in [-0.05, 0) is 30.5 Å². The van der Waals surface area contributed by atoms with Crippen LogP contribution in [0.2, 0.25) is 0 Å². The average Bonchev–Trinajstić information content (AvgIpc) is 2.54. The maximum atomic E-state index is 12.3. The van der Waals surface area contributed by atoms with Crippen molar-refractivity contribution in [2.45, 2.75) is 44.2 Å². The Balaban J connectivity index is 2.00. The van der Waals surface area contributed by atoms with Gasteiger partial charge < -0.3 is 16.4 Å². The molecule has 6 heteroatoms. The predicted molar refractivity (Wildman–Crippen MR) is 81.8 cm³/mol. The van der Waals surface area contributed by atoms with Crippen LogP contribution >= 0.6 is 0 Å². The number of nitriles is 1. The third-order valence-corrected chi connectivity index (χ3v) is 3.96. The van der Waals surface area contributed by atoms with Crippen molar-refractivity contribution in [3.05, 3.63) is 35.4 Å². The highest BCUT2D eigenvalue weighted by atomic mass is 16.2. The Labute approximate surface area is 129 Å². The van der Waals surface area contributed by atoms with E-state index < -0.39 is 11.6 Å². The molecule has 2 rings (SSSR count). The molecule has 0 atom stereocenters. The Morgan fingerprint density at radius 3 is 2.36 bits per heavy atom. The van der Waals surface area contributed by atoms with Gasteiger partial charge in [0.1, 0.15) is 5.54 Å². The average molecular weight is 300 g/mol. The molecule has 0 aliphatic heterocycles. The third-order valence-electron chi connectivity index (χ3n) is 3.96. The molecule has 1 saturated carbocycles. The fourth-order valence-corrected chi connectivity index (χ4v) is 2.67. The Morgan fingerprint density at radius 1 is 1.18 bits per heavy atom. The van der Waals surface area contributed by atoms with E-state index in [1.54, 1.807) is 24.3 Å². The first kappa shape index (κ1) is 15.8. The number of benzene rings is 1. The molecular weight excluding hydrogens is 280 g/mol. The maximum absolute atomic E-state index is 12.3. The number of carbonyl (C=O) groups is 2. The van der Waals surface area contributed by atoms with Gasteiger partial charge in [-0.1, -0.05) is 31.4 Å². The monoisotopic (exact) mass is 300 g/mol. The number of nitrogens with one attached hydrogen (secondary N) is 2. The summed E-state index contributed by atoms with van der Waals surface area (Å²) < 4.78 is 0. The summed E-state index contributed by atoms with van der Waals surface area (Å²) in [4.78, 5) is 23.0. The lowest BCUT2D eigenvalue weighted by molar-refractivity contribution is 0.0902. The second-order valence-electron chi connectivity index (χ2n) is 5.62. The summed E-state index contributed by atoms with van der Waals surface area (Å²) in [6.45, 7) is 0.319. The SMILES string of the molecule is N#CC1(NC(=O)c2ccc(CNC(N)=O)cc2)CCCCC1. The van der Waals surface area contributed by atoms with Crippen LogP contribution in [-0.2, 0) is 6.54 Å². The van der Waals surface area contributed by atoms with E-state index in [4.69, 9.17) is 5.73 Å². The lowest BCUT2D eigenvalue weighted by Gasteiger charge is -2.31. The van der Waals surface area contributed by atoms with Crippen molar-refractivity contribution < 1.29 is 9.59 Å². The zero-order valence-corrected chi connectivity index (χ0v) is 12.4. The molecule has 0 unspecified atom stereocenters. The van der Waals surface area contributed by atoms with Crippen LogP contribution in [-0.4, -0.2) is 17.5 Å². The molecule has 0 radical (unpaired) electrons. The van der Waals surface area contributed by atoms with Crippen LogP contribution in [0.15, 0.2) is 24.3 Å². The van der Waals surface area contributed by atoms with Gasteiger partial charge in [0.25, 0.3) is 5.91 Å². The molecule has 1 aliphatic rings. The molecule has 0 aromatic heterocycles. The molecule has 1 aliphatic carbocycles. The van der Waals surface area contributed by atoms with Crippen molar-refractivity contribution in [1.29, 1.82) is 5.26 Å². The molecule has 1 fully saturated rings. The van der Waals surface area contributed by atoms with E-state index in [2.05, 4.69) is 16.7 Å². The van der Waals surface area contributed by atoms with Crippen molar-refractivity contribution >= 4 is 11.9 Å². The molecule has 6 nitrogen and oxygen atoms in total.